The summed E-state index contributed by atoms with van der Waals surface area (Å²) in [7, 11) is -3.01. The van der Waals surface area contributed by atoms with Gasteiger partial charge in [0.1, 0.15) is 0 Å². The number of likely N-dealkylation sites (tertiary alicyclic amines) is 1. The van der Waals surface area contributed by atoms with Gasteiger partial charge in [-0.2, -0.15) is 0 Å². The number of carbonyl (C=O) groups excluding carboxylic acids is 2. The topological polar surface area (TPSA) is 74.8 Å². The summed E-state index contributed by atoms with van der Waals surface area (Å²) in [6.45, 7) is 3.51. The molecule has 1 aromatic carbocycles. The van der Waals surface area contributed by atoms with Gasteiger partial charge in [-0.3, -0.25) is 9.59 Å². The first kappa shape index (κ1) is 17.9. The van der Waals surface area contributed by atoms with Gasteiger partial charge in [0.15, 0.2) is 9.84 Å². The van der Waals surface area contributed by atoms with Crippen LogP contribution in [0.25, 0.3) is 0 Å². The second-order valence-corrected chi connectivity index (χ2v) is 9.13. The van der Waals surface area contributed by atoms with E-state index in [9.17, 15) is 18.0 Å². The van der Waals surface area contributed by atoms with Crippen LogP contribution < -0.4 is 0 Å². The van der Waals surface area contributed by atoms with Gasteiger partial charge >= 0.3 is 0 Å². The van der Waals surface area contributed by atoms with Crippen molar-refractivity contribution in [3.05, 3.63) is 35.4 Å². The van der Waals surface area contributed by atoms with Crippen molar-refractivity contribution < 1.29 is 18.0 Å². The number of hydrogen-bond donors (Lipinski definition) is 0. The monoisotopic (exact) mass is 364 g/mol. The maximum Gasteiger partial charge on any atom is 0.228 e. The lowest BCUT2D eigenvalue weighted by Crippen LogP contribution is -2.46. The summed E-state index contributed by atoms with van der Waals surface area (Å²) >= 11 is 0. The molecule has 2 aliphatic heterocycles. The van der Waals surface area contributed by atoms with Gasteiger partial charge in [-0.25, -0.2) is 8.42 Å². The van der Waals surface area contributed by atoms with Crippen LogP contribution in [0.2, 0.25) is 0 Å². The van der Waals surface area contributed by atoms with E-state index in [1.165, 1.54) is 5.56 Å². The molecule has 2 amide bonds. The minimum Gasteiger partial charge on any atom is -0.340 e. The summed E-state index contributed by atoms with van der Waals surface area (Å²) in [6.07, 6.45) is 1.19. The van der Waals surface area contributed by atoms with E-state index in [0.717, 1.165) is 12.0 Å². The first-order chi connectivity index (χ1) is 11.9. The molecule has 2 aliphatic rings. The summed E-state index contributed by atoms with van der Waals surface area (Å²) in [5.74, 6) is -0.419. The zero-order chi connectivity index (χ0) is 18.0. The number of aryl methyl sites for hydroxylation is 1. The molecule has 2 heterocycles. The molecule has 1 unspecified atom stereocenters. The predicted octanol–water partition coefficient (Wildman–Crippen LogP) is 0.855. The molecule has 0 aliphatic carbocycles. The average molecular weight is 364 g/mol. The van der Waals surface area contributed by atoms with E-state index in [1.807, 2.05) is 12.1 Å². The lowest BCUT2D eigenvalue weighted by molar-refractivity contribution is -0.135. The lowest BCUT2D eigenvalue weighted by atomic mass is 10.1. The number of sulfone groups is 1. The van der Waals surface area contributed by atoms with Gasteiger partial charge in [-0.1, -0.05) is 31.2 Å². The average Bonchev–Trinajstić information content (AvgIpc) is 2.96. The molecule has 2 fully saturated rings. The smallest absolute Gasteiger partial charge is 0.228 e. The Kier molecular flexibility index (Phi) is 5.13. The quantitative estimate of drug-likeness (QED) is 0.794. The highest BCUT2D eigenvalue weighted by molar-refractivity contribution is 7.91. The molecular formula is C18H24N2O4S. The van der Waals surface area contributed by atoms with Gasteiger partial charge in [0.25, 0.3) is 0 Å². The Morgan fingerprint density at radius 3 is 2.32 bits per heavy atom. The molecule has 0 spiro atoms. The van der Waals surface area contributed by atoms with E-state index in [4.69, 9.17) is 0 Å². The highest BCUT2D eigenvalue weighted by Crippen LogP contribution is 2.23. The van der Waals surface area contributed by atoms with Crippen LogP contribution in [0, 0.1) is 5.92 Å². The molecule has 1 atom stereocenters. The fourth-order valence-corrected chi connectivity index (χ4v) is 4.58. The third kappa shape index (κ3) is 4.21. The largest absolute Gasteiger partial charge is 0.340 e. The van der Waals surface area contributed by atoms with Crippen LogP contribution >= 0.6 is 0 Å². The van der Waals surface area contributed by atoms with Gasteiger partial charge < -0.3 is 9.80 Å². The van der Waals surface area contributed by atoms with E-state index in [0.29, 0.717) is 13.1 Å². The van der Waals surface area contributed by atoms with Crippen molar-refractivity contribution in [1.29, 1.82) is 0 Å². The molecule has 25 heavy (non-hydrogen) atoms. The fraction of sp³-hybridized carbons (Fsp3) is 0.556. The molecule has 7 heteroatoms. The maximum absolute atomic E-state index is 12.6. The lowest BCUT2D eigenvalue weighted by Gasteiger charge is -2.29. The van der Waals surface area contributed by atoms with Crippen LogP contribution in [0.5, 0.6) is 0 Å². The van der Waals surface area contributed by atoms with Crippen LogP contribution in [0.4, 0.5) is 0 Å². The number of rotatable bonds is 4. The second kappa shape index (κ2) is 7.15. The van der Waals surface area contributed by atoms with E-state index in [1.54, 1.807) is 9.80 Å². The summed E-state index contributed by atoms with van der Waals surface area (Å²) in [6, 6.07) is 8.17. The van der Waals surface area contributed by atoms with E-state index in [-0.39, 0.29) is 48.7 Å². The molecule has 6 nitrogen and oxygen atoms in total. The zero-order valence-corrected chi connectivity index (χ0v) is 15.3. The summed E-state index contributed by atoms with van der Waals surface area (Å²) in [5.41, 5.74) is 2.31. The first-order valence-electron chi connectivity index (χ1n) is 8.73. The molecule has 1 aromatic rings. The van der Waals surface area contributed by atoms with Gasteiger partial charge in [-0.15, -0.1) is 0 Å². The third-order valence-corrected chi connectivity index (χ3v) is 6.63. The maximum atomic E-state index is 12.6. The highest BCUT2D eigenvalue weighted by atomic mass is 32.2. The molecule has 0 aromatic heterocycles. The van der Waals surface area contributed by atoms with Crippen molar-refractivity contribution >= 4 is 21.7 Å². The van der Waals surface area contributed by atoms with Crippen LogP contribution in [-0.2, 0) is 32.4 Å². The standard InChI is InChI=1S/C18H24N2O4S/c1-2-14-3-5-15(6-4-14)12-20-13-16(11-17(20)21)18(22)19-7-9-25(23,24)10-8-19/h3-6,16H,2,7-13H2,1H3. The minimum absolute atomic E-state index is 0.0115. The zero-order valence-electron chi connectivity index (χ0n) is 14.5. The third-order valence-electron chi connectivity index (χ3n) is 5.02. The van der Waals surface area contributed by atoms with E-state index >= 15 is 0 Å². The van der Waals surface area contributed by atoms with Gasteiger partial charge in [0, 0.05) is 32.6 Å². The Morgan fingerprint density at radius 2 is 1.72 bits per heavy atom. The molecule has 136 valence electrons. The molecule has 0 saturated carbocycles. The fourth-order valence-electron chi connectivity index (χ4n) is 3.38. The number of amides is 2. The van der Waals surface area contributed by atoms with E-state index in [2.05, 4.69) is 19.1 Å². The van der Waals surface area contributed by atoms with Crippen LogP contribution in [0.15, 0.2) is 24.3 Å². The van der Waals surface area contributed by atoms with Crippen molar-refractivity contribution in [2.45, 2.75) is 26.3 Å². The number of carbonyl (C=O) groups is 2. The van der Waals surface area contributed by atoms with Crippen LogP contribution in [0.3, 0.4) is 0 Å². The van der Waals surface area contributed by atoms with Crippen molar-refractivity contribution in [2.24, 2.45) is 5.92 Å². The van der Waals surface area contributed by atoms with Crippen LogP contribution in [-0.4, -0.2) is 61.2 Å². The summed E-state index contributed by atoms with van der Waals surface area (Å²) in [4.78, 5) is 28.2. The molecular weight excluding hydrogens is 340 g/mol. The first-order valence-corrected chi connectivity index (χ1v) is 10.5. The van der Waals surface area contributed by atoms with Crippen molar-refractivity contribution in [1.82, 2.24) is 9.80 Å². The SMILES string of the molecule is CCc1ccc(CN2CC(C(=O)N3CCS(=O)(=O)CC3)CC2=O)cc1. The predicted molar refractivity (Wildman–Crippen MR) is 94.6 cm³/mol. The van der Waals surface area contributed by atoms with Crippen molar-refractivity contribution in [3.8, 4) is 0 Å². The normalized spacial score (nSPS) is 23.1. The van der Waals surface area contributed by atoms with Crippen LogP contribution in [0.1, 0.15) is 24.5 Å². The number of benzene rings is 1. The molecule has 2 saturated heterocycles. The number of hydrogen-bond acceptors (Lipinski definition) is 4. The summed E-state index contributed by atoms with van der Waals surface area (Å²) < 4.78 is 23.0. The van der Waals surface area contributed by atoms with Gasteiger partial charge in [-0.05, 0) is 17.5 Å². The van der Waals surface area contributed by atoms with Crippen molar-refractivity contribution in [3.63, 3.8) is 0 Å². The minimum atomic E-state index is -3.01. The number of nitrogens with zero attached hydrogens (tertiary/aromatic N) is 2. The Hall–Kier alpha value is -1.89. The van der Waals surface area contributed by atoms with Crippen molar-refractivity contribution in [2.75, 3.05) is 31.1 Å². The Balaban J connectivity index is 1.59. The molecule has 3 rings (SSSR count). The second-order valence-electron chi connectivity index (χ2n) is 6.82. The highest BCUT2D eigenvalue weighted by Gasteiger charge is 2.37. The molecule has 0 N–H and O–H groups in total. The van der Waals surface area contributed by atoms with E-state index < -0.39 is 9.84 Å². The summed E-state index contributed by atoms with van der Waals surface area (Å²) in [5, 5.41) is 0. The van der Waals surface area contributed by atoms with Gasteiger partial charge in [0.05, 0.1) is 17.4 Å². The Labute approximate surface area is 148 Å². The molecule has 0 bridgehead atoms. The van der Waals surface area contributed by atoms with Gasteiger partial charge in [0.2, 0.25) is 11.8 Å². The Bertz CT molecular complexity index is 744. The molecule has 0 radical (unpaired) electrons. The Morgan fingerprint density at radius 1 is 1.12 bits per heavy atom.